The second-order valence-electron chi connectivity index (χ2n) is 6.96. The highest BCUT2D eigenvalue weighted by molar-refractivity contribution is 5.78. The van der Waals surface area contributed by atoms with Crippen LogP contribution in [0.4, 0.5) is 0 Å². The molecule has 0 spiro atoms. The smallest absolute Gasteiger partial charge is 0.305 e. The van der Waals surface area contributed by atoms with E-state index in [4.69, 9.17) is 0 Å². The van der Waals surface area contributed by atoms with Gasteiger partial charge in [0.15, 0.2) is 0 Å². The average molecular weight is 341 g/mol. The molecule has 0 saturated carbocycles. The second kappa shape index (κ2) is 18.5. The van der Waals surface area contributed by atoms with Crippen molar-refractivity contribution in [1.29, 1.82) is 0 Å². The van der Waals surface area contributed by atoms with Gasteiger partial charge < -0.3 is 4.74 Å². The normalized spacial score (nSPS) is 10.8. The molecule has 0 unspecified atom stereocenters. The summed E-state index contributed by atoms with van der Waals surface area (Å²) in [7, 11) is 1.45. The third-order valence-corrected chi connectivity index (χ3v) is 4.62. The van der Waals surface area contributed by atoms with Crippen LogP contribution in [0.15, 0.2) is 0 Å². The number of ketones is 1. The molecule has 0 N–H and O–H groups in total. The lowest BCUT2D eigenvalue weighted by molar-refractivity contribution is -0.140. The summed E-state index contributed by atoms with van der Waals surface area (Å²) in [5, 5.41) is 0. The van der Waals surface area contributed by atoms with Gasteiger partial charge in [-0.1, -0.05) is 77.6 Å². The molecule has 0 amide bonds. The molecule has 0 bridgehead atoms. The highest BCUT2D eigenvalue weighted by Gasteiger charge is 2.01. The van der Waals surface area contributed by atoms with Crippen molar-refractivity contribution in [1.82, 2.24) is 0 Å². The van der Waals surface area contributed by atoms with Gasteiger partial charge in [0.05, 0.1) is 7.11 Å². The molecule has 0 heterocycles. The van der Waals surface area contributed by atoms with Crippen LogP contribution in [0.3, 0.4) is 0 Å². The van der Waals surface area contributed by atoms with Crippen molar-refractivity contribution in [2.24, 2.45) is 0 Å². The molecule has 0 saturated heterocycles. The summed E-state index contributed by atoms with van der Waals surface area (Å²) in [6, 6.07) is 0. The van der Waals surface area contributed by atoms with Gasteiger partial charge in [0, 0.05) is 19.3 Å². The van der Waals surface area contributed by atoms with Gasteiger partial charge in [0.2, 0.25) is 0 Å². The molecule has 0 atom stereocenters. The Labute approximate surface area is 149 Å². The van der Waals surface area contributed by atoms with Crippen LogP contribution in [-0.2, 0) is 14.3 Å². The molecule has 0 rings (SSSR count). The van der Waals surface area contributed by atoms with Crippen LogP contribution in [0.5, 0.6) is 0 Å². The lowest BCUT2D eigenvalue weighted by Crippen LogP contribution is -1.99. The minimum absolute atomic E-state index is 0.0830. The number of carbonyl (C=O) groups excluding carboxylic acids is 2. The van der Waals surface area contributed by atoms with Crippen molar-refractivity contribution < 1.29 is 14.3 Å². The van der Waals surface area contributed by atoms with Crippen molar-refractivity contribution in [2.75, 3.05) is 7.11 Å². The Morgan fingerprint density at radius 2 is 0.958 bits per heavy atom. The number of esters is 1. The Balaban J connectivity index is 3.10. The molecule has 0 aromatic heterocycles. The quantitative estimate of drug-likeness (QED) is 0.215. The zero-order valence-corrected chi connectivity index (χ0v) is 16.2. The first-order valence-electron chi connectivity index (χ1n) is 10.3. The molecule has 0 aromatic rings. The van der Waals surface area contributed by atoms with Gasteiger partial charge in [0.25, 0.3) is 0 Å². The van der Waals surface area contributed by atoms with E-state index in [0.29, 0.717) is 12.2 Å². The first kappa shape index (κ1) is 23.1. The first-order valence-corrected chi connectivity index (χ1v) is 10.3. The summed E-state index contributed by atoms with van der Waals surface area (Å²) in [6.07, 6.45) is 19.3. The van der Waals surface area contributed by atoms with Crippen LogP contribution >= 0.6 is 0 Å². The molecule has 3 nitrogen and oxygen atoms in total. The van der Waals surface area contributed by atoms with E-state index in [1.807, 2.05) is 0 Å². The lowest BCUT2D eigenvalue weighted by atomic mass is 10.0. The fraction of sp³-hybridized carbons (Fsp3) is 0.905. The summed E-state index contributed by atoms with van der Waals surface area (Å²) in [5.74, 6) is 0.378. The number of unbranched alkanes of at least 4 members (excludes halogenated alkanes) is 12. The maximum Gasteiger partial charge on any atom is 0.305 e. The van der Waals surface area contributed by atoms with Gasteiger partial charge in [-0.25, -0.2) is 0 Å². The molecule has 24 heavy (non-hydrogen) atoms. The fourth-order valence-corrected chi connectivity index (χ4v) is 2.96. The van der Waals surface area contributed by atoms with Crippen LogP contribution in [-0.4, -0.2) is 18.9 Å². The molecule has 0 aliphatic carbocycles. The van der Waals surface area contributed by atoms with E-state index in [1.54, 1.807) is 0 Å². The fourth-order valence-electron chi connectivity index (χ4n) is 2.96. The largest absolute Gasteiger partial charge is 0.469 e. The Kier molecular flexibility index (Phi) is 17.8. The molecule has 142 valence electrons. The standard InChI is InChI=1S/C21H40O3/c1-3-4-17-20(22)18-15-13-11-9-7-5-6-8-10-12-14-16-19-21(23)24-2/h3-19H2,1-2H3. The van der Waals surface area contributed by atoms with Crippen LogP contribution in [0.1, 0.15) is 116 Å². The molecule has 0 fully saturated rings. The number of hydrogen-bond acceptors (Lipinski definition) is 3. The number of Topliss-reactive ketones (excluding diaryl/α,β-unsaturated/α-hetero) is 1. The van der Waals surface area contributed by atoms with Crippen molar-refractivity contribution in [2.45, 2.75) is 116 Å². The molecular formula is C21H40O3. The van der Waals surface area contributed by atoms with Gasteiger partial charge >= 0.3 is 5.97 Å². The lowest BCUT2D eigenvalue weighted by Gasteiger charge is -2.03. The Morgan fingerprint density at radius 1 is 0.583 bits per heavy atom. The van der Waals surface area contributed by atoms with Crippen molar-refractivity contribution in [3.05, 3.63) is 0 Å². The molecule has 0 aliphatic rings. The van der Waals surface area contributed by atoms with E-state index in [9.17, 15) is 9.59 Å². The number of rotatable bonds is 18. The van der Waals surface area contributed by atoms with Gasteiger partial charge in [0.1, 0.15) is 5.78 Å². The molecular weight excluding hydrogens is 300 g/mol. The summed E-state index contributed by atoms with van der Waals surface area (Å²) in [6.45, 7) is 2.14. The third kappa shape index (κ3) is 17.5. The maximum atomic E-state index is 11.5. The van der Waals surface area contributed by atoms with E-state index >= 15 is 0 Å². The van der Waals surface area contributed by atoms with Crippen LogP contribution in [0.25, 0.3) is 0 Å². The summed E-state index contributed by atoms with van der Waals surface area (Å²) in [5.41, 5.74) is 0. The van der Waals surface area contributed by atoms with Gasteiger partial charge in [-0.2, -0.15) is 0 Å². The predicted octanol–water partition coefficient (Wildman–Crippen LogP) is 6.38. The van der Waals surface area contributed by atoms with E-state index < -0.39 is 0 Å². The number of ether oxygens (including phenoxy) is 1. The summed E-state index contributed by atoms with van der Waals surface area (Å²) >= 11 is 0. The Hall–Kier alpha value is -0.860. The van der Waals surface area contributed by atoms with E-state index in [0.717, 1.165) is 44.9 Å². The monoisotopic (exact) mass is 340 g/mol. The molecule has 0 aromatic carbocycles. The average Bonchev–Trinajstić information content (AvgIpc) is 2.59. The third-order valence-electron chi connectivity index (χ3n) is 4.62. The molecule has 0 radical (unpaired) electrons. The minimum Gasteiger partial charge on any atom is -0.469 e. The highest BCUT2D eigenvalue weighted by atomic mass is 16.5. The maximum absolute atomic E-state index is 11.5. The zero-order chi connectivity index (χ0) is 17.9. The van der Waals surface area contributed by atoms with Gasteiger partial charge in [-0.3, -0.25) is 9.59 Å². The number of hydrogen-bond donors (Lipinski definition) is 0. The second-order valence-corrected chi connectivity index (χ2v) is 6.96. The van der Waals surface area contributed by atoms with E-state index in [1.165, 1.54) is 64.9 Å². The number of methoxy groups -OCH3 is 1. The highest BCUT2D eigenvalue weighted by Crippen LogP contribution is 2.13. The Morgan fingerprint density at radius 3 is 1.38 bits per heavy atom. The number of carbonyl (C=O) groups is 2. The molecule has 3 heteroatoms. The van der Waals surface area contributed by atoms with Crippen molar-refractivity contribution >= 4 is 11.8 Å². The molecule has 0 aliphatic heterocycles. The van der Waals surface area contributed by atoms with Gasteiger partial charge in [-0.15, -0.1) is 0 Å². The predicted molar refractivity (Wildman–Crippen MR) is 101 cm³/mol. The van der Waals surface area contributed by atoms with Crippen molar-refractivity contribution in [3.8, 4) is 0 Å². The topological polar surface area (TPSA) is 43.4 Å². The summed E-state index contributed by atoms with van der Waals surface area (Å²) < 4.78 is 4.63. The van der Waals surface area contributed by atoms with Gasteiger partial charge in [-0.05, 0) is 19.3 Å². The SMILES string of the molecule is CCCCC(=O)CCCCCCCCCCCCCCC(=O)OC. The first-order chi connectivity index (χ1) is 11.7. The Bertz CT molecular complexity index is 299. The van der Waals surface area contributed by atoms with E-state index in [-0.39, 0.29) is 5.97 Å². The van der Waals surface area contributed by atoms with Crippen molar-refractivity contribution in [3.63, 3.8) is 0 Å². The summed E-state index contributed by atoms with van der Waals surface area (Å²) in [4.78, 5) is 22.5. The van der Waals surface area contributed by atoms with Crippen LogP contribution in [0.2, 0.25) is 0 Å². The minimum atomic E-state index is -0.0830. The van der Waals surface area contributed by atoms with Crippen LogP contribution in [0, 0.1) is 0 Å². The zero-order valence-electron chi connectivity index (χ0n) is 16.2. The van der Waals surface area contributed by atoms with Crippen LogP contribution < -0.4 is 0 Å². The van der Waals surface area contributed by atoms with E-state index in [2.05, 4.69) is 11.7 Å².